The monoisotopic (exact) mass is 400 g/mol. The minimum absolute atomic E-state index is 0.0465. The zero-order valence-corrected chi connectivity index (χ0v) is 15.1. The maximum atomic E-state index is 12.7. The van der Waals surface area contributed by atoms with Crippen LogP contribution in [0.4, 0.5) is 13.2 Å². The number of hydrogen-bond donors (Lipinski definition) is 0. The van der Waals surface area contributed by atoms with Crippen molar-refractivity contribution >= 4 is 21.6 Å². The highest BCUT2D eigenvalue weighted by Gasteiger charge is 2.31. The fraction of sp³-hybridized carbons (Fsp3) is 0.222. The lowest BCUT2D eigenvalue weighted by Crippen LogP contribution is -2.16. The van der Waals surface area contributed by atoms with E-state index in [2.05, 4.69) is 0 Å². The van der Waals surface area contributed by atoms with Gasteiger partial charge in [-0.2, -0.15) is 13.2 Å². The lowest BCUT2D eigenvalue weighted by atomic mass is 10.1. The largest absolute Gasteiger partial charge is 0.454 e. The van der Waals surface area contributed by atoms with Crippen LogP contribution in [0.25, 0.3) is 0 Å². The Morgan fingerprint density at radius 1 is 1.07 bits per heavy atom. The quantitative estimate of drug-likeness (QED) is 0.568. The van der Waals surface area contributed by atoms with Crippen molar-refractivity contribution < 1.29 is 35.9 Å². The molecule has 0 radical (unpaired) electrons. The number of alkyl halides is 3. The van der Waals surface area contributed by atoms with Gasteiger partial charge in [0.2, 0.25) is 0 Å². The zero-order valence-electron chi connectivity index (χ0n) is 14.3. The van der Waals surface area contributed by atoms with Gasteiger partial charge in [0.05, 0.1) is 16.0 Å². The fourth-order valence-corrected chi connectivity index (χ4v) is 2.86. The summed E-state index contributed by atoms with van der Waals surface area (Å²) in [4.78, 5) is 24.1. The van der Waals surface area contributed by atoms with Gasteiger partial charge in [-0.05, 0) is 36.8 Å². The molecule has 0 bridgehead atoms. The number of Topliss-reactive ketones (excluding diaryl/α,β-unsaturated/α-hetero) is 1. The zero-order chi connectivity index (χ0) is 20.4. The molecule has 0 spiro atoms. The lowest BCUT2D eigenvalue weighted by molar-refractivity contribution is -0.137. The number of carbonyl (C=O) groups excluding carboxylic acids is 2. The predicted molar refractivity (Wildman–Crippen MR) is 90.3 cm³/mol. The third-order valence-electron chi connectivity index (χ3n) is 3.70. The highest BCUT2D eigenvalue weighted by atomic mass is 32.2. The molecule has 0 unspecified atom stereocenters. The molecule has 0 atom stereocenters. The summed E-state index contributed by atoms with van der Waals surface area (Å²) in [5.41, 5.74) is -0.857. The molecule has 0 saturated heterocycles. The van der Waals surface area contributed by atoms with Crippen LogP contribution in [0.5, 0.6) is 0 Å². The highest BCUT2D eigenvalue weighted by Crippen LogP contribution is 2.29. The number of benzene rings is 2. The second kappa shape index (κ2) is 7.51. The Morgan fingerprint density at radius 2 is 1.74 bits per heavy atom. The van der Waals surface area contributed by atoms with E-state index in [1.165, 1.54) is 18.2 Å². The van der Waals surface area contributed by atoms with Gasteiger partial charge in [-0.3, -0.25) is 4.79 Å². The molecule has 0 fully saturated rings. The normalized spacial score (nSPS) is 11.9. The van der Waals surface area contributed by atoms with Crippen LogP contribution < -0.4 is 0 Å². The van der Waals surface area contributed by atoms with Crippen molar-refractivity contribution in [3.05, 3.63) is 64.7 Å². The van der Waals surface area contributed by atoms with Gasteiger partial charge in [0.1, 0.15) is 0 Å². The first-order chi connectivity index (χ1) is 12.4. The van der Waals surface area contributed by atoms with Gasteiger partial charge in [0.25, 0.3) is 0 Å². The summed E-state index contributed by atoms with van der Waals surface area (Å²) in [6.07, 6.45) is -3.62. The third kappa shape index (κ3) is 5.16. The van der Waals surface area contributed by atoms with Gasteiger partial charge in [-0.25, -0.2) is 13.2 Å². The van der Waals surface area contributed by atoms with Crippen molar-refractivity contribution in [2.24, 2.45) is 0 Å². The van der Waals surface area contributed by atoms with Crippen LogP contribution in [-0.4, -0.2) is 33.0 Å². The first-order valence-electron chi connectivity index (χ1n) is 7.58. The SMILES string of the molecule is Cc1ccc(S(C)(=O)=O)cc1C(=O)OCC(=O)c1cccc(C(F)(F)F)c1. The van der Waals surface area contributed by atoms with E-state index in [0.717, 1.165) is 24.5 Å². The number of esters is 1. The van der Waals surface area contributed by atoms with E-state index < -0.39 is 39.9 Å². The van der Waals surface area contributed by atoms with Gasteiger partial charge < -0.3 is 4.74 Å². The first-order valence-corrected chi connectivity index (χ1v) is 9.47. The van der Waals surface area contributed by atoms with Crippen molar-refractivity contribution in [2.45, 2.75) is 18.0 Å². The van der Waals surface area contributed by atoms with Crippen molar-refractivity contribution in [1.29, 1.82) is 0 Å². The Morgan fingerprint density at radius 3 is 2.33 bits per heavy atom. The number of ether oxygens (including phenoxy) is 1. The maximum absolute atomic E-state index is 12.7. The molecule has 2 aromatic carbocycles. The molecule has 27 heavy (non-hydrogen) atoms. The number of carbonyl (C=O) groups is 2. The Hall–Kier alpha value is -2.68. The minimum atomic E-state index is -4.60. The average molecular weight is 400 g/mol. The second-order valence-corrected chi connectivity index (χ2v) is 7.84. The topological polar surface area (TPSA) is 77.5 Å². The van der Waals surface area contributed by atoms with E-state index in [0.29, 0.717) is 11.6 Å². The van der Waals surface area contributed by atoms with Crippen molar-refractivity contribution in [3.8, 4) is 0 Å². The Balaban J connectivity index is 2.15. The molecule has 2 aromatic rings. The highest BCUT2D eigenvalue weighted by molar-refractivity contribution is 7.90. The average Bonchev–Trinajstić information content (AvgIpc) is 2.58. The number of rotatable bonds is 5. The van der Waals surface area contributed by atoms with Crippen molar-refractivity contribution in [2.75, 3.05) is 12.9 Å². The van der Waals surface area contributed by atoms with E-state index >= 15 is 0 Å². The fourth-order valence-electron chi connectivity index (χ4n) is 2.21. The van der Waals surface area contributed by atoms with Crippen LogP contribution in [0.2, 0.25) is 0 Å². The molecule has 5 nitrogen and oxygen atoms in total. The van der Waals surface area contributed by atoms with Gasteiger partial charge in [0, 0.05) is 11.8 Å². The molecule has 0 amide bonds. The molecule has 0 N–H and O–H groups in total. The number of aryl methyl sites for hydroxylation is 1. The maximum Gasteiger partial charge on any atom is 0.416 e. The van der Waals surface area contributed by atoms with E-state index in [9.17, 15) is 31.2 Å². The van der Waals surface area contributed by atoms with Crippen LogP contribution in [0, 0.1) is 6.92 Å². The number of halogens is 3. The van der Waals surface area contributed by atoms with E-state index in [1.807, 2.05) is 0 Å². The summed E-state index contributed by atoms with van der Waals surface area (Å²) < 4.78 is 66.1. The summed E-state index contributed by atoms with van der Waals surface area (Å²) in [7, 11) is -3.55. The molecular formula is C18H15F3O5S. The number of ketones is 1. The van der Waals surface area contributed by atoms with Crippen LogP contribution in [0.3, 0.4) is 0 Å². The van der Waals surface area contributed by atoms with Crippen LogP contribution in [0.15, 0.2) is 47.4 Å². The van der Waals surface area contributed by atoms with Crippen LogP contribution >= 0.6 is 0 Å². The summed E-state index contributed by atoms with van der Waals surface area (Å²) in [5.74, 6) is -1.76. The molecule has 9 heteroatoms. The van der Waals surface area contributed by atoms with Gasteiger partial charge in [0.15, 0.2) is 22.2 Å². The standard InChI is InChI=1S/C18H15F3O5S/c1-11-6-7-14(27(2,24)25)9-15(11)17(23)26-10-16(22)12-4-3-5-13(8-12)18(19,20)21/h3-9H,10H2,1-2H3. The van der Waals surface area contributed by atoms with Crippen molar-refractivity contribution in [1.82, 2.24) is 0 Å². The summed E-state index contributed by atoms with van der Waals surface area (Å²) >= 11 is 0. The Kier molecular flexibility index (Phi) is 5.74. The first kappa shape index (κ1) is 20.6. The minimum Gasteiger partial charge on any atom is -0.454 e. The predicted octanol–water partition coefficient (Wildman–Crippen LogP) is 3.46. The van der Waals surface area contributed by atoms with E-state index in [-0.39, 0.29) is 16.0 Å². The molecule has 0 saturated carbocycles. The van der Waals surface area contributed by atoms with Gasteiger partial charge >= 0.3 is 12.1 Å². The van der Waals surface area contributed by atoms with Crippen molar-refractivity contribution in [3.63, 3.8) is 0 Å². The van der Waals surface area contributed by atoms with E-state index in [1.54, 1.807) is 6.92 Å². The van der Waals surface area contributed by atoms with Gasteiger partial charge in [-0.15, -0.1) is 0 Å². The molecule has 0 aliphatic carbocycles. The van der Waals surface area contributed by atoms with Crippen LogP contribution in [0.1, 0.15) is 31.8 Å². The summed E-state index contributed by atoms with van der Waals surface area (Å²) in [5, 5.41) is 0. The Labute approximate surface area is 153 Å². The van der Waals surface area contributed by atoms with Gasteiger partial charge in [-0.1, -0.05) is 18.2 Å². The summed E-state index contributed by atoms with van der Waals surface area (Å²) in [6, 6.07) is 7.63. The summed E-state index contributed by atoms with van der Waals surface area (Å²) in [6.45, 7) is 0.778. The number of hydrogen-bond acceptors (Lipinski definition) is 5. The molecule has 0 aliphatic rings. The molecule has 144 valence electrons. The smallest absolute Gasteiger partial charge is 0.416 e. The number of sulfone groups is 1. The third-order valence-corrected chi connectivity index (χ3v) is 4.81. The van der Waals surface area contributed by atoms with Crippen LogP contribution in [-0.2, 0) is 20.8 Å². The molecule has 0 aliphatic heterocycles. The molecule has 0 aromatic heterocycles. The molecule has 0 heterocycles. The van der Waals surface area contributed by atoms with E-state index in [4.69, 9.17) is 4.74 Å². The Bertz CT molecular complexity index is 994. The molecular weight excluding hydrogens is 385 g/mol. The lowest BCUT2D eigenvalue weighted by Gasteiger charge is -2.10. The molecule has 2 rings (SSSR count). The second-order valence-electron chi connectivity index (χ2n) is 5.83.